The Morgan fingerprint density at radius 1 is 1.37 bits per heavy atom. The second kappa shape index (κ2) is 5.88. The predicted molar refractivity (Wildman–Crippen MR) is 66.4 cm³/mol. The lowest BCUT2D eigenvalue weighted by atomic mass is 9.92. The van der Waals surface area contributed by atoms with Gasteiger partial charge in [-0.1, -0.05) is 13.8 Å². The molecule has 0 amide bonds. The number of hydrogen-bond acceptors (Lipinski definition) is 3. The monoisotopic (exact) mass is 276 g/mol. The van der Waals surface area contributed by atoms with Gasteiger partial charge in [-0.25, -0.2) is 0 Å². The van der Waals surface area contributed by atoms with Gasteiger partial charge < -0.3 is 10.4 Å². The molecule has 0 saturated heterocycles. The molecule has 0 spiro atoms. The SMILES string of the molecule is CC(C)C(C)(O)CNCc1ncccc1C(F)(F)F. The minimum Gasteiger partial charge on any atom is -0.389 e. The highest BCUT2D eigenvalue weighted by atomic mass is 19.4. The number of pyridine rings is 1. The van der Waals surface area contributed by atoms with Crippen LogP contribution >= 0.6 is 0 Å². The van der Waals surface area contributed by atoms with Gasteiger partial charge in [0.2, 0.25) is 0 Å². The van der Waals surface area contributed by atoms with Gasteiger partial charge in [-0.05, 0) is 25.0 Å². The predicted octanol–water partition coefficient (Wildman–Crippen LogP) is 2.60. The normalized spacial score (nSPS) is 15.6. The molecule has 0 aliphatic heterocycles. The van der Waals surface area contributed by atoms with E-state index in [0.29, 0.717) is 0 Å². The van der Waals surface area contributed by atoms with E-state index in [9.17, 15) is 18.3 Å². The summed E-state index contributed by atoms with van der Waals surface area (Å²) in [6, 6.07) is 2.27. The van der Waals surface area contributed by atoms with Gasteiger partial charge in [0.1, 0.15) is 0 Å². The standard InChI is InChI=1S/C13H19F3N2O/c1-9(2)12(3,19)8-17-7-11-10(13(14,15)16)5-4-6-18-11/h4-6,9,17,19H,7-8H2,1-3H3. The maximum Gasteiger partial charge on any atom is 0.418 e. The van der Waals surface area contributed by atoms with Crippen LogP contribution in [0.5, 0.6) is 0 Å². The van der Waals surface area contributed by atoms with Crippen LogP contribution < -0.4 is 5.32 Å². The van der Waals surface area contributed by atoms with Crippen molar-refractivity contribution < 1.29 is 18.3 Å². The summed E-state index contributed by atoms with van der Waals surface area (Å²) >= 11 is 0. The highest BCUT2D eigenvalue weighted by Crippen LogP contribution is 2.30. The summed E-state index contributed by atoms with van der Waals surface area (Å²) in [5, 5.41) is 12.8. The van der Waals surface area contributed by atoms with Crippen molar-refractivity contribution in [2.24, 2.45) is 5.92 Å². The molecule has 0 aliphatic carbocycles. The molecule has 0 radical (unpaired) electrons. The van der Waals surface area contributed by atoms with Gasteiger partial charge in [0.15, 0.2) is 0 Å². The number of hydrogen-bond donors (Lipinski definition) is 2. The molecule has 1 unspecified atom stereocenters. The summed E-state index contributed by atoms with van der Waals surface area (Å²) in [4.78, 5) is 3.75. The molecule has 2 N–H and O–H groups in total. The molecule has 1 aromatic rings. The van der Waals surface area contributed by atoms with E-state index < -0.39 is 17.3 Å². The van der Waals surface area contributed by atoms with E-state index in [1.807, 2.05) is 13.8 Å². The zero-order chi connectivity index (χ0) is 14.7. The molecular formula is C13H19F3N2O. The number of alkyl halides is 3. The Kier molecular flexibility index (Phi) is 4.92. The summed E-state index contributed by atoms with van der Waals surface area (Å²) in [6.07, 6.45) is -3.08. The number of nitrogens with one attached hydrogen (secondary N) is 1. The average Bonchev–Trinajstić information content (AvgIpc) is 2.27. The van der Waals surface area contributed by atoms with Gasteiger partial charge >= 0.3 is 6.18 Å². The highest BCUT2D eigenvalue weighted by Gasteiger charge is 2.33. The van der Waals surface area contributed by atoms with E-state index >= 15 is 0 Å². The number of rotatable bonds is 5. The first-order chi connectivity index (χ1) is 8.64. The summed E-state index contributed by atoms with van der Waals surface area (Å²) in [5.41, 5.74) is -1.77. The Labute approximate surface area is 110 Å². The number of aromatic nitrogens is 1. The second-order valence-electron chi connectivity index (χ2n) is 5.11. The zero-order valence-corrected chi connectivity index (χ0v) is 11.3. The summed E-state index contributed by atoms with van der Waals surface area (Å²) < 4.78 is 38.2. The minimum absolute atomic E-state index is 0.00539. The van der Waals surface area contributed by atoms with Crippen molar-refractivity contribution in [1.82, 2.24) is 10.3 Å². The van der Waals surface area contributed by atoms with Crippen molar-refractivity contribution in [2.45, 2.75) is 39.1 Å². The molecule has 3 nitrogen and oxygen atoms in total. The summed E-state index contributed by atoms with van der Waals surface area (Å²) in [7, 11) is 0. The smallest absolute Gasteiger partial charge is 0.389 e. The Morgan fingerprint density at radius 2 is 2.00 bits per heavy atom. The Hall–Kier alpha value is -1.14. The Bertz CT molecular complexity index is 417. The minimum atomic E-state index is -4.41. The molecule has 19 heavy (non-hydrogen) atoms. The van der Waals surface area contributed by atoms with Gasteiger partial charge in [0.25, 0.3) is 0 Å². The van der Waals surface area contributed by atoms with Crippen LogP contribution in [0.3, 0.4) is 0 Å². The van der Waals surface area contributed by atoms with Crippen LogP contribution in [0, 0.1) is 5.92 Å². The molecule has 0 aromatic carbocycles. The van der Waals surface area contributed by atoms with Gasteiger partial charge in [0.05, 0.1) is 16.9 Å². The number of halogens is 3. The van der Waals surface area contributed by atoms with Gasteiger partial charge in [-0.15, -0.1) is 0 Å². The zero-order valence-electron chi connectivity index (χ0n) is 11.3. The maximum atomic E-state index is 12.7. The van der Waals surface area contributed by atoms with Crippen molar-refractivity contribution in [3.8, 4) is 0 Å². The lowest BCUT2D eigenvalue weighted by molar-refractivity contribution is -0.138. The fourth-order valence-corrected chi connectivity index (χ4v) is 1.48. The van der Waals surface area contributed by atoms with E-state index in [4.69, 9.17) is 0 Å². The molecule has 0 saturated carbocycles. The Morgan fingerprint density at radius 3 is 2.53 bits per heavy atom. The van der Waals surface area contributed by atoms with Crippen molar-refractivity contribution in [3.05, 3.63) is 29.6 Å². The van der Waals surface area contributed by atoms with E-state index in [-0.39, 0.29) is 24.7 Å². The maximum absolute atomic E-state index is 12.7. The average molecular weight is 276 g/mol. The Balaban J connectivity index is 2.69. The van der Waals surface area contributed by atoms with E-state index in [1.54, 1.807) is 6.92 Å². The van der Waals surface area contributed by atoms with Crippen LogP contribution in [0.15, 0.2) is 18.3 Å². The van der Waals surface area contributed by atoms with Crippen molar-refractivity contribution >= 4 is 0 Å². The van der Waals surface area contributed by atoms with E-state index in [1.165, 1.54) is 12.3 Å². The van der Waals surface area contributed by atoms with Crippen molar-refractivity contribution in [3.63, 3.8) is 0 Å². The molecule has 0 aliphatic rings. The summed E-state index contributed by atoms with van der Waals surface area (Å²) in [6.45, 7) is 5.53. The molecule has 6 heteroatoms. The third-order valence-electron chi connectivity index (χ3n) is 3.21. The van der Waals surface area contributed by atoms with Crippen LogP contribution in [0.4, 0.5) is 13.2 Å². The van der Waals surface area contributed by atoms with Crippen LogP contribution in [-0.4, -0.2) is 22.2 Å². The van der Waals surface area contributed by atoms with Crippen LogP contribution in [0.2, 0.25) is 0 Å². The third kappa shape index (κ3) is 4.47. The molecule has 1 rings (SSSR count). The molecule has 1 aromatic heterocycles. The molecule has 0 fully saturated rings. The fourth-order valence-electron chi connectivity index (χ4n) is 1.48. The van der Waals surface area contributed by atoms with Gasteiger partial charge in [-0.2, -0.15) is 13.2 Å². The third-order valence-corrected chi connectivity index (χ3v) is 3.21. The lowest BCUT2D eigenvalue weighted by Crippen LogP contribution is -2.42. The quantitative estimate of drug-likeness (QED) is 0.869. The number of aliphatic hydroxyl groups is 1. The van der Waals surface area contributed by atoms with Crippen LogP contribution in [-0.2, 0) is 12.7 Å². The van der Waals surface area contributed by atoms with E-state index in [0.717, 1.165) is 6.07 Å². The first kappa shape index (κ1) is 15.9. The summed E-state index contributed by atoms with van der Waals surface area (Å²) in [5.74, 6) is 0.00539. The topological polar surface area (TPSA) is 45.1 Å². The van der Waals surface area contributed by atoms with Gasteiger partial charge in [-0.3, -0.25) is 4.98 Å². The first-order valence-electron chi connectivity index (χ1n) is 6.09. The molecule has 0 bridgehead atoms. The van der Waals surface area contributed by atoms with Gasteiger partial charge in [0, 0.05) is 19.3 Å². The number of nitrogens with zero attached hydrogens (tertiary/aromatic N) is 1. The van der Waals surface area contributed by atoms with Crippen molar-refractivity contribution in [2.75, 3.05) is 6.54 Å². The molecule has 1 atom stereocenters. The molecule has 1 heterocycles. The van der Waals surface area contributed by atoms with E-state index in [2.05, 4.69) is 10.3 Å². The lowest BCUT2D eigenvalue weighted by Gasteiger charge is -2.28. The van der Waals surface area contributed by atoms with Crippen LogP contribution in [0.25, 0.3) is 0 Å². The van der Waals surface area contributed by atoms with Crippen molar-refractivity contribution in [1.29, 1.82) is 0 Å². The highest BCUT2D eigenvalue weighted by molar-refractivity contribution is 5.22. The largest absolute Gasteiger partial charge is 0.418 e. The second-order valence-corrected chi connectivity index (χ2v) is 5.11. The first-order valence-corrected chi connectivity index (χ1v) is 6.09. The fraction of sp³-hybridized carbons (Fsp3) is 0.615. The molecule has 108 valence electrons. The molecular weight excluding hydrogens is 257 g/mol. The van der Waals surface area contributed by atoms with Crippen LogP contribution in [0.1, 0.15) is 32.0 Å².